The van der Waals surface area contributed by atoms with Crippen LogP contribution < -0.4 is 0 Å². The third-order valence-electron chi connectivity index (χ3n) is 2.28. The van der Waals surface area contributed by atoms with Gasteiger partial charge in [0, 0.05) is 13.5 Å². The average Bonchev–Trinajstić information content (AvgIpc) is 2.30. The van der Waals surface area contributed by atoms with Crippen molar-refractivity contribution < 1.29 is 34.1 Å². The van der Waals surface area contributed by atoms with Gasteiger partial charge in [-0.25, -0.2) is 0 Å². The van der Waals surface area contributed by atoms with Crippen LogP contribution in [0.2, 0.25) is 0 Å². The second-order valence-electron chi connectivity index (χ2n) is 3.77. The lowest BCUT2D eigenvalue weighted by Gasteiger charge is -2.26. The molecule has 0 rings (SSSR count). The highest BCUT2D eigenvalue weighted by atomic mass is 16.6. The van der Waals surface area contributed by atoms with Crippen molar-refractivity contribution in [2.24, 2.45) is 0 Å². The minimum atomic E-state index is -1.11. The van der Waals surface area contributed by atoms with E-state index in [2.05, 4.69) is 0 Å². The van der Waals surface area contributed by atoms with Gasteiger partial charge >= 0.3 is 11.9 Å². The molecule has 0 heterocycles. The van der Waals surface area contributed by atoms with Crippen molar-refractivity contribution in [1.82, 2.24) is 0 Å². The minimum absolute atomic E-state index is 0.0295. The molecule has 7 nitrogen and oxygen atoms in total. The standard InChI is InChI=1S/C11H18O7/c1-7(13)11(8(17-2)5-6-12)18-10(16)4-3-9(14)15/h6-8,11,13H,3-5H2,1-2H3,(H,14,15)/t7-,8-,11+/m0/s1. The summed E-state index contributed by atoms with van der Waals surface area (Å²) in [6, 6.07) is 0. The van der Waals surface area contributed by atoms with Crippen molar-refractivity contribution in [1.29, 1.82) is 0 Å². The van der Waals surface area contributed by atoms with E-state index in [1.807, 2.05) is 0 Å². The first kappa shape index (κ1) is 16.5. The van der Waals surface area contributed by atoms with E-state index in [1.165, 1.54) is 14.0 Å². The normalized spacial score (nSPS) is 15.5. The van der Waals surface area contributed by atoms with E-state index in [-0.39, 0.29) is 19.3 Å². The van der Waals surface area contributed by atoms with Gasteiger partial charge in [0.25, 0.3) is 0 Å². The van der Waals surface area contributed by atoms with Crippen molar-refractivity contribution in [3.05, 3.63) is 0 Å². The molecule has 0 aromatic heterocycles. The number of aliphatic hydroxyl groups is 1. The molecule has 0 aliphatic carbocycles. The number of aldehydes is 1. The van der Waals surface area contributed by atoms with E-state index in [9.17, 15) is 19.5 Å². The van der Waals surface area contributed by atoms with Crippen LogP contribution in [0.15, 0.2) is 0 Å². The largest absolute Gasteiger partial charge is 0.481 e. The number of rotatable bonds is 9. The molecule has 0 fully saturated rings. The van der Waals surface area contributed by atoms with E-state index in [4.69, 9.17) is 14.6 Å². The molecule has 0 saturated heterocycles. The molecular formula is C11H18O7. The molecule has 18 heavy (non-hydrogen) atoms. The number of hydrogen-bond donors (Lipinski definition) is 2. The fourth-order valence-corrected chi connectivity index (χ4v) is 1.36. The minimum Gasteiger partial charge on any atom is -0.481 e. The third-order valence-corrected chi connectivity index (χ3v) is 2.28. The maximum Gasteiger partial charge on any atom is 0.306 e. The average molecular weight is 262 g/mol. The molecule has 0 aliphatic rings. The summed E-state index contributed by atoms with van der Waals surface area (Å²) in [7, 11) is 1.33. The molecule has 0 unspecified atom stereocenters. The highest BCUT2D eigenvalue weighted by molar-refractivity contribution is 5.76. The van der Waals surface area contributed by atoms with Gasteiger partial charge in [-0.3, -0.25) is 9.59 Å². The number of carbonyl (C=O) groups is 3. The summed E-state index contributed by atoms with van der Waals surface area (Å²) in [6.45, 7) is 1.39. The molecule has 0 aromatic rings. The van der Waals surface area contributed by atoms with Gasteiger partial charge < -0.3 is 24.5 Å². The molecule has 3 atom stereocenters. The summed E-state index contributed by atoms with van der Waals surface area (Å²) < 4.78 is 9.89. The number of ether oxygens (including phenoxy) is 2. The molecule has 0 aliphatic heterocycles. The predicted octanol–water partition coefficient (Wildman–Crippen LogP) is -0.252. The predicted molar refractivity (Wildman–Crippen MR) is 59.9 cm³/mol. The molecule has 0 saturated carbocycles. The fourth-order valence-electron chi connectivity index (χ4n) is 1.36. The summed E-state index contributed by atoms with van der Waals surface area (Å²) >= 11 is 0. The molecular weight excluding hydrogens is 244 g/mol. The first-order valence-corrected chi connectivity index (χ1v) is 5.48. The van der Waals surface area contributed by atoms with E-state index >= 15 is 0 Å². The quantitative estimate of drug-likeness (QED) is 0.435. The van der Waals surface area contributed by atoms with Gasteiger partial charge in [0.15, 0.2) is 6.10 Å². The van der Waals surface area contributed by atoms with Crippen molar-refractivity contribution >= 4 is 18.2 Å². The van der Waals surface area contributed by atoms with Crippen LogP contribution in [0.5, 0.6) is 0 Å². The van der Waals surface area contributed by atoms with Crippen molar-refractivity contribution in [2.45, 2.75) is 44.5 Å². The second kappa shape index (κ2) is 8.60. The van der Waals surface area contributed by atoms with Crippen LogP contribution in [0.25, 0.3) is 0 Å². The zero-order valence-corrected chi connectivity index (χ0v) is 10.4. The Kier molecular flexibility index (Phi) is 7.89. The molecule has 0 aromatic carbocycles. The van der Waals surface area contributed by atoms with Gasteiger partial charge in [-0.1, -0.05) is 0 Å². The smallest absolute Gasteiger partial charge is 0.306 e. The van der Waals surface area contributed by atoms with E-state index in [0.29, 0.717) is 6.29 Å². The Hall–Kier alpha value is -1.47. The zero-order chi connectivity index (χ0) is 14.1. The number of aliphatic carboxylic acids is 1. The number of carbonyl (C=O) groups excluding carboxylic acids is 2. The molecule has 2 N–H and O–H groups in total. The van der Waals surface area contributed by atoms with Gasteiger partial charge in [0.05, 0.1) is 18.9 Å². The van der Waals surface area contributed by atoms with Crippen molar-refractivity contribution in [2.75, 3.05) is 7.11 Å². The molecule has 104 valence electrons. The van der Waals surface area contributed by atoms with Gasteiger partial charge in [-0.2, -0.15) is 0 Å². The Balaban J connectivity index is 4.46. The van der Waals surface area contributed by atoms with Gasteiger partial charge in [-0.15, -0.1) is 0 Å². The second-order valence-corrected chi connectivity index (χ2v) is 3.77. The van der Waals surface area contributed by atoms with Crippen LogP contribution >= 0.6 is 0 Å². The van der Waals surface area contributed by atoms with Crippen LogP contribution in [-0.4, -0.2) is 53.9 Å². The molecule has 0 amide bonds. The number of carboxylic acid groups (broad SMARTS) is 1. The van der Waals surface area contributed by atoms with Crippen LogP contribution in [0, 0.1) is 0 Å². The van der Waals surface area contributed by atoms with Crippen LogP contribution in [0.4, 0.5) is 0 Å². The zero-order valence-electron chi connectivity index (χ0n) is 10.4. The maximum atomic E-state index is 11.3. The summed E-state index contributed by atoms with van der Waals surface area (Å²) in [6.07, 6.45) is -2.86. The van der Waals surface area contributed by atoms with E-state index in [0.717, 1.165) is 0 Å². The number of methoxy groups -OCH3 is 1. The van der Waals surface area contributed by atoms with Crippen LogP contribution in [0.1, 0.15) is 26.2 Å². The lowest BCUT2D eigenvalue weighted by atomic mass is 10.1. The lowest BCUT2D eigenvalue weighted by molar-refractivity contribution is -0.167. The number of hydrogen-bond acceptors (Lipinski definition) is 6. The van der Waals surface area contributed by atoms with Gasteiger partial charge in [-0.05, 0) is 6.92 Å². The number of esters is 1. The monoisotopic (exact) mass is 262 g/mol. The Morgan fingerprint density at radius 1 is 1.33 bits per heavy atom. The molecule has 0 bridgehead atoms. The summed E-state index contributed by atoms with van der Waals surface area (Å²) in [5, 5.41) is 17.9. The first-order valence-electron chi connectivity index (χ1n) is 5.48. The van der Waals surface area contributed by atoms with E-state index in [1.54, 1.807) is 0 Å². The molecule has 0 radical (unpaired) electrons. The number of aliphatic hydroxyl groups excluding tert-OH is 1. The Bertz CT molecular complexity index is 287. The topological polar surface area (TPSA) is 110 Å². The molecule has 0 spiro atoms. The fraction of sp³-hybridized carbons (Fsp3) is 0.727. The SMILES string of the molecule is CO[C@@H](CC=O)[C@H](OC(=O)CCC(=O)O)[C@H](C)O. The summed E-state index contributed by atoms with van der Waals surface area (Å²) in [5.74, 6) is -1.87. The highest BCUT2D eigenvalue weighted by Gasteiger charge is 2.29. The van der Waals surface area contributed by atoms with Gasteiger partial charge in [0.1, 0.15) is 12.4 Å². The highest BCUT2D eigenvalue weighted by Crippen LogP contribution is 2.12. The van der Waals surface area contributed by atoms with Crippen LogP contribution in [-0.2, 0) is 23.9 Å². The van der Waals surface area contributed by atoms with E-state index < -0.39 is 30.3 Å². The maximum absolute atomic E-state index is 11.3. The third kappa shape index (κ3) is 6.31. The number of carboxylic acids is 1. The lowest BCUT2D eigenvalue weighted by Crippen LogP contribution is -2.41. The Morgan fingerprint density at radius 3 is 2.33 bits per heavy atom. The summed E-state index contributed by atoms with van der Waals surface area (Å²) in [4.78, 5) is 32.1. The van der Waals surface area contributed by atoms with Gasteiger partial charge in [0.2, 0.25) is 0 Å². The Labute approximate surface area is 105 Å². The Morgan fingerprint density at radius 2 is 1.94 bits per heavy atom. The first-order chi connectivity index (χ1) is 8.42. The summed E-state index contributed by atoms with van der Waals surface area (Å²) in [5.41, 5.74) is 0. The van der Waals surface area contributed by atoms with Crippen LogP contribution in [0.3, 0.4) is 0 Å². The van der Waals surface area contributed by atoms with Crippen molar-refractivity contribution in [3.63, 3.8) is 0 Å². The van der Waals surface area contributed by atoms with Crippen molar-refractivity contribution in [3.8, 4) is 0 Å². The molecule has 7 heteroatoms.